The van der Waals surface area contributed by atoms with E-state index >= 15 is 0 Å². The predicted octanol–water partition coefficient (Wildman–Crippen LogP) is 1.91. The molecule has 14 heavy (non-hydrogen) atoms. The molecule has 4 nitrogen and oxygen atoms in total. The number of nitrogen functional groups attached to an aromatic ring is 1. The first kappa shape index (κ1) is 9.02. The Morgan fingerprint density at radius 2 is 2.14 bits per heavy atom. The van der Waals surface area contributed by atoms with Crippen molar-refractivity contribution in [1.82, 2.24) is 9.97 Å². The molecule has 0 amide bonds. The first-order valence-electron chi connectivity index (χ1n) is 4.11. The zero-order chi connectivity index (χ0) is 10.1. The topological polar surface area (TPSA) is 63.8 Å². The van der Waals surface area contributed by atoms with Crippen LogP contribution in [-0.4, -0.2) is 17.0 Å². The van der Waals surface area contributed by atoms with Crippen molar-refractivity contribution >= 4 is 34.0 Å². The smallest absolute Gasteiger partial charge is 0.224 e. The van der Waals surface area contributed by atoms with E-state index in [4.69, 9.17) is 17.3 Å². The monoisotopic (exact) mass is 208 g/mol. The lowest BCUT2D eigenvalue weighted by Crippen LogP contribution is -1.96. The molecule has 0 spiro atoms. The summed E-state index contributed by atoms with van der Waals surface area (Å²) in [6.07, 6.45) is 0. The Bertz CT molecular complexity index is 478. The van der Waals surface area contributed by atoms with Crippen LogP contribution in [0.1, 0.15) is 0 Å². The number of hydrogen-bond acceptors (Lipinski definition) is 4. The number of nitrogens with two attached hydrogens (primary N) is 1. The Labute approximate surface area is 86.1 Å². The van der Waals surface area contributed by atoms with E-state index in [0.29, 0.717) is 11.5 Å². The van der Waals surface area contributed by atoms with Crippen LogP contribution in [-0.2, 0) is 0 Å². The molecule has 0 fully saturated rings. The summed E-state index contributed by atoms with van der Waals surface area (Å²) in [6, 6.07) is 5.44. The van der Waals surface area contributed by atoms with E-state index in [1.807, 2.05) is 6.07 Å². The van der Waals surface area contributed by atoms with Gasteiger partial charge in [0.05, 0.1) is 5.52 Å². The van der Waals surface area contributed by atoms with Gasteiger partial charge in [0.25, 0.3) is 0 Å². The minimum absolute atomic E-state index is 0.215. The molecular weight excluding hydrogens is 200 g/mol. The van der Waals surface area contributed by atoms with E-state index < -0.39 is 0 Å². The van der Waals surface area contributed by atoms with E-state index in [9.17, 15) is 0 Å². The minimum Gasteiger partial charge on any atom is -0.399 e. The molecule has 3 N–H and O–H groups in total. The Morgan fingerprint density at radius 1 is 1.36 bits per heavy atom. The number of benzene rings is 1. The van der Waals surface area contributed by atoms with Crippen LogP contribution < -0.4 is 11.1 Å². The van der Waals surface area contributed by atoms with Crippen molar-refractivity contribution in [3.63, 3.8) is 0 Å². The highest BCUT2D eigenvalue weighted by atomic mass is 35.5. The molecule has 0 radical (unpaired) electrons. The molecule has 0 aliphatic carbocycles. The highest BCUT2D eigenvalue weighted by Gasteiger charge is 2.04. The summed E-state index contributed by atoms with van der Waals surface area (Å²) >= 11 is 5.75. The van der Waals surface area contributed by atoms with Gasteiger partial charge in [-0.2, -0.15) is 0 Å². The van der Waals surface area contributed by atoms with Gasteiger partial charge in [0, 0.05) is 18.1 Å². The van der Waals surface area contributed by atoms with E-state index in [1.54, 1.807) is 19.2 Å². The zero-order valence-corrected chi connectivity index (χ0v) is 8.34. The molecule has 0 aliphatic heterocycles. The van der Waals surface area contributed by atoms with Gasteiger partial charge in [0.15, 0.2) is 0 Å². The third-order valence-corrected chi connectivity index (χ3v) is 2.10. The standard InChI is InChI=1S/C9H9ClN4/c1-12-8-6-3-2-5(11)4-7(6)13-9(10)14-8/h2-4H,11H2,1H3,(H,12,13,14). The second-order valence-electron chi connectivity index (χ2n) is 2.87. The van der Waals surface area contributed by atoms with Gasteiger partial charge < -0.3 is 11.1 Å². The molecule has 0 atom stereocenters. The Hall–Kier alpha value is -1.55. The maximum Gasteiger partial charge on any atom is 0.224 e. The van der Waals surface area contributed by atoms with Crippen molar-refractivity contribution in [2.24, 2.45) is 0 Å². The van der Waals surface area contributed by atoms with Gasteiger partial charge >= 0.3 is 0 Å². The highest BCUT2D eigenvalue weighted by Crippen LogP contribution is 2.23. The Morgan fingerprint density at radius 3 is 2.86 bits per heavy atom. The van der Waals surface area contributed by atoms with E-state index in [1.165, 1.54) is 0 Å². The number of anilines is 2. The summed E-state index contributed by atoms with van der Waals surface area (Å²) in [7, 11) is 1.79. The second-order valence-corrected chi connectivity index (χ2v) is 3.21. The van der Waals surface area contributed by atoms with Gasteiger partial charge in [0.2, 0.25) is 5.28 Å². The average molecular weight is 209 g/mol. The van der Waals surface area contributed by atoms with Crippen molar-refractivity contribution in [3.8, 4) is 0 Å². The molecule has 1 aromatic heterocycles. The van der Waals surface area contributed by atoms with Crippen LogP contribution >= 0.6 is 11.6 Å². The second kappa shape index (κ2) is 3.31. The van der Waals surface area contributed by atoms with E-state index in [-0.39, 0.29) is 5.28 Å². The number of rotatable bonds is 1. The zero-order valence-electron chi connectivity index (χ0n) is 7.58. The summed E-state index contributed by atoms with van der Waals surface area (Å²) in [5.74, 6) is 0.708. The molecule has 0 unspecified atom stereocenters. The van der Waals surface area contributed by atoms with Gasteiger partial charge in [-0.3, -0.25) is 0 Å². The number of nitrogens with one attached hydrogen (secondary N) is 1. The average Bonchev–Trinajstić information content (AvgIpc) is 2.15. The van der Waals surface area contributed by atoms with Crippen molar-refractivity contribution in [2.45, 2.75) is 0 Å². The number of aromatic nitrogens is 2. The van der Waals surface area contributed by atoms with Gasteiger partial charge in [-0.15, -0.1) is 0 Å². The van der Waals surface area contributed by atoms with Crippen LogP contribution in [0.5, 0.6) is 0 Å². The van der Waals surface area contributed by atoms with Gasteiger partial charge in [-0.05, 0) is 29.8 Å². The first-order chi connectivity index (χ1) is 6.70. The third-order valence-electron chi connectivity index (χ3n) is 1.93. The van der Waals surface area contributed by atoms with Crippen LogP contribution in [0, 0.1) is 0 Å². The maximum absolute atomic E-state index is 5.75. The van der Waals surface area contributed by atoms with Crippen LogP contribution in [0.15, 0.2) is 18.2 Å². The summed E-state index contributed by atoms with van der Waals surface area (Å²) in [5, 5.41) is 4.08. The normalized spacial score (nSPS) is 10.4. The van der Waals surface area contributed by atoms with Gasteiger partial charge in [0.1, 0.15) is 5.82 Å². The van der Waals surface area contributed by atoms with Crippen molar-refractivity contribution in [2.75, 3.05) is 18.1 Å². The summed E-state index contributed by atoms with van der Waals surface area (Å²) in [4.78, 5) is 8.13. The maximum atomic E-state index is 5.75. The molecule has 0 saturated carbocycles. The number of nitrogens with zero attached hydrogens (tertiary/aromatic N) is 2. The largest absolute Gasteiger partial charge is 0.399 e. The van der Waals surface area contributed by atoms with Gasteiger partial charge in [-0.25, -0.2) is 9.97 Å². The van der Waals surface area contributed by atoms with Crippen molar-refractivity contribution < 1.29 is 0 Å². The number of halogens is 1. The fourth-order valence-corrected chi connectivity index (χ4v) is 1.48. The fraction of sp³-hybridized carbons (Fsp3) is 0.111. The van der Waals surface area contributed by atoms with Crippen molar-refractivity contribution in [3.05, 3.63) is 23.5 Å². The number of hydrogen-bond donors (Lipinski definition) is 2. The van der Waals surface area contributed by atoms with Crippen LogP contribution in [0.2, 0.25) is 5.28 Å². The quantitative estimate of drug-likeness (QED) is 0.555. The molecule has 0 aliphatic rings. The minimum atomic E-state index is 0.215. The molecular formula is C9H9ClN4. The summed E-state index contributed by atoms with van der Waals surface area (Å²) in [6.45, 7) is 0. The fourth-order valence-electron chi connectivity index (χ4n) is 1.31. The Balaban J connectivity index is 2.81. The molecule has 0 saturated heterocycles. The van der Waals surface area contributed by atoms with E-state index in [0.717, 1.165) is 10.9 Å². The SMILES string of the molecule is CNc1nc(Cl)nc2cc(N)ccc12. The molecule has 1 heterocycles. The molecule has 72 valence electrons. The highest BCUT2D eigenvalue weighted by molar-refractivity contribution is 6.28. The van der Waals surface area contributed by atoms with Crippen LogP contribution in [0.25, 0.3) is 10.9 Å². The molecule has 2 rings (SSSR count). The lowest BCUT2D eigenvalue weighted by atomic mass is 10.2. The lowest BCUT2D eigenvalue weighted by molar-refractivity contribution is 1.21. The first-order valence-corrected chi connectivity index (χ1v) is 4.49. The molecule has 0 bridgehead atoms. The molecule has 1 aromatic carbocycles. The van der Waals surface area contributed by atoms with Crippen LogP contribution in [0.4, 0.5) is 11.5 Å². The lowest BCUT2D eigenvalue weighted by Gasteiger charge is -2.05. The van der Waals surface area contributed by atoms with Gasteiger partial charge in [-0.1, -0.05) is 0 Å². The third kappa shape index (κ3) is 1.44. The predicted molar refractivity (Wildman–Crippen MR) is 58.5 cm³/mol. The summed E-state index contributed by atoms with van der Waals surface area (Å²) < 4.78 is 0. The van der Waals surface area contributed by atoms with Crippen LogP contribution in [0.3, 0.4) is 0 Å². The molecule has 2 aromatic rings. The number of fused-ring (bicyclic) bond motifs is 1. The Kier molecular flexibility index (Phi) is 2.13. The van der Waals surface area contributed by atoms with E-state index in [2.05, 4.69) is 15.3 Å². The molecule has 5 heteroatoms. The summed E-state index contributed by atoms with van der Waals surface area (Å²) in [5.41, 5.74) is 7.05. The van der Waals surface area contributed by atoms with Crippen molar-refractivity contribution in [1.29, 1.82) is 0 Å².